The minimum Gasteiger partial charge on any atom is -0.289 e. The van der Waals surface area contributed by atoms with Crippen LogP contribution in [0.2, 0.25) is 0 Å². The van der Waals surface area contributed by atoms with Crippen molar-refractivity contribution in [3.8, 4) is 0 Å². The van der Waals surface area contributed by atoms with E-state index in [2.05, 4.69) is 4.99 Å². The first-order valence-corrected chi connectivity index (χ1v) is 5.30. The minimum atomic E-state index is 0.102. The fourth-order valence-corrected chi connectivity index (χ4v) is 2.11. The molecule has 1 aromatic rings. The van der Waals surface area contributed by atoms with Crippen LogP contribution in [0.1, 0.15) is 12.5 Å². The van der Waals surface area contributed by atoms with Gasteiger partial charge in [-0.3, -0.25) is 4.79 Å². The summed E-state index contributed by atoms with van der Waals surface area (Å²) in [6.07, 6.45) is 3.75. The Kier molecular flexibility index (Phi) is 1.75. The van der Waals surface area contributed by atoms with Crippen LogP contribution in [0.4, 0.5) is 0 Å². The van der Waals surface area contributed by atoms with Crippen LogP contribution in [-0.4, -0.2) is 5.78 Å². The number of ketones is 1. The van der Waals surface area contributed by atoms with Crippen molar-refractivity contribution in [2.75, 3.05) is 0 Å². The first-order valence-electron chi connectivity index (χ1n) is 5.30. The zero-order valence-corrected chi connectivity index (χ0v) is 9.24. The molecule has 3 rings (SSSR count). The molecule has 0 amide bonds. The fourth-order valence-electron chi connectivity index (χ4n) is 2.11. The van der Waals surface area contributed by atoms with Crippen LogP contribution in [0.3, 0.4) is 0 Å². The Morgan fingerprint density at radius 3 is 2.75 bits per heavy atom. The van der Waals surface area contributed by atoms with Crippen LogP contribution in [0.25, 0.3) is 5.57 Å². The van der Waals surface area contributed by atoms with Crippen molar-refractivity contribution in [3.05, 3.63) is 57.8 Å². The zero-order valence-electron chi connectivity index (χ0n) is 9.24. The summed E-state index contributed by atoms with van der Waals surface area (Å²) >= 11 is 0. The van der Waals surface area contributed by atoms with E-state index in [1.807, 2.05) is 44.2 Å². The van der Waals surface area contributed by atoms with Crippen molar-refractivity contribution in [3.63, 3.8) is 0 Å². The lowest BCUT2D eigenvalue weighted by molar-refractivity contribution is -0.110. The highest BCUT2D eigenvalue weighted by atomic mass is 16.1. The molecule has 0 unspecified atom stereocenters. The highest BCUT2D eigenvalue weighted by Crippen LogP contribution is 2.23. The number of fused-ring (bicyclic) bond motifs is 2. The van der Waals surface area contributed by atoms with Crippen molar-refractivity contribution in [2.45, 2.75) is 13.8 Å². The Morgan fingerprint density at radius 2 is 1.94 bits per heavy atom. The topological polar surface area (TPSA) is 29.4 Å². The lowest BCUT2D eigenvalue weighted by Crippen LogP contribution is -2.25. The molecule has 1 aliphatic heterocycles. The van der Waals surface area contributed by atoms with Gasteiger partial charge in [0.05, 0.1) is 16.6 Å². The van der Waals surface area contributed by atoms with E-state index in [1.54, 1.807) is 0 Å². The Morgan fingerprint density at radius 1 is 1.12 bits per heavy atom. The van der Waals surface area contributed by atoms with Gasteiger partial charge >= 0.3 is 0 Å². The molecule has 0 bridgehead atoms. The fraction of sp³-hybridized carbons (Fsp3) is 0.143. The van der Waals surface area contributed by atoms with E-state index in [9.17, 15) is 4.79 Å². The van der Waals surface area contributed by atoms with E-state index in [1.165, 1.54) is 0 Å². The number of allylic oxidation sites excluding steroid dienone is 4. The highest BCUT2D eigenvalue weighted by molar-refractivity contribution is 6.29. The van der Waals surface area contributed by atoms with Gasteiger partial charge < -0.3 is 0 Å². The second-order valence-corrected chi connectivity index (χ2v) is 4.24. The van der Waals surface area contributed by atoms with Crippen LogP contribution in [0, 0.1) is 6.92 Å². The molecule has 2 nitrogen and oxygen atoms in total. The van der Waals surface area contributed by atoms with Crippen molar-refractivity contribution < 1.29 is 4.79 Å². The predicted octanol–water partition coefficient (Wildman–Crippen LogP) is 1.19. The van der Waals surface area contributed by atoms with Gasteiger partial charge in [0.2, 0.25) is 0 Å². The molecule has 0 fully saturated rings. The number of aryl methyl sites for hydroxylation is 1. The molecule has 0 N–H and O–H groups in total. The van der Waals surface area contributed by atoms with Gasteiger partial charge in [-0.2, -0.15) is 0 Å². The number of Topliss-reactive ketones (excluding diaryl/α,β-unsaturated/α-hetero) is 1. The van der Waals surface area contributed by atoms with E-state index in [0.29, 0.717) is 0 Å². The molecule has 0 saturated heterocycles. The van der Waals surface area contributed by atoms with Gasteiger partial charge in [-0.15, -0.1) is 0 Å². The van der Waals surface area contributed by atoms with Crippen LogP contribution >= 0.6 is 0 Å². The van der Waals surface area contributed by atoms with Crippen molar-refractivity contribution in [1.29, 1.82) is 0 Å². The maximum Gasteiger partial charge on any atom is 0.191 e. The first kappa shape index (κ1) is 9.28. The summed E-state index contributed by atoms with van der Waals surface area (Å²) in [5.41, 5.74) is 3.50. The summed E-state index contributed by atoms with van der Waals surface area (Å²) in [7, 11) is 0. The molecular formula is C14H11NO. The highest BCUT2D eigenvalue weighted by Gasteiger charge is 2.23. The van der Waals surface area contributed by atoms with Crippen molar-refractivity contribution >= 4 is 11.4 Å². The third kappa shape index (κ3) is 1.13. The van der Waals surface area contributed by atoms with E-state index < -0.39 is 0 Å². The summed E-state index contributed by atoms with van der Waals surface area (Å²) in [5.74, 6) is 0.102. The Labute approximate surface area is 93.3 Å². The number of carbonyl (C=O) groups excluding carboxylic acids is 1. The predicted molar refractivity (Wildman–Crippen MR) is 62.2 cm³/mol. The Balaban J connectivity index is 2.45. The standard InChI is InChI=1S/C14H11NO/c1-8-3-5-11-10(7-8)13-12(15-11)6-4-9(2)14(13)16/h3-7H,1-2H3. The number of hydrogen-bond acceptors (Lipinski definition) is 2. The van der Waals surface area contributed by atoms with Crippen molar-refractivity contribution in [1.82, 2.24) is 0 Å². The molecule has 2 heteroatoms. The Bertz CT molecular complexity index is 690. The molecule has 1 heterocycles. The molecule has 0 saturated carbocycles. The van der Waals surface area contributed by atoms with Crippen molar-refractivity contribution in [2.24, 2.45) is 4.99 Å². The average Bonchev–Trinajstić information content (AvgIpc) is 2.62. The smallest absolute Gasteiger partial charge is 0.191 e. The number of carbonyl (C=O) groups is 1. The van der Waals surface area contributed by atoms with Gasteiger partial charge in [0, 0.05) is 5.22 Å². The van der Waals surface area contributed by atoms with Crippen LogP contribution in [0.15, 0.2) is 46.6 Å². The minimum absolute atomic E-state index is 0.102. The van der Waals surface area contributed by atoms with E-state index in [4.69, 9.17) is 0 Å². The van der Waals surface area contributed by atoms with Crippen LogP contribution < -0.4 is 10.6 Å². The van der Waals surface area contributed by atoms with E-state index >= 15 is 0 Å². The monoisotopic (exact) mass is 209 g/mol. The molecule has 1 aromatic carbocycles. The molecule has 0 spiro atoms. The van der Waals surface area contributed by atoms with E-state index in [0.717, 1.165) is 33.0 Å². The molecule has 0 radical (unpaired) electrons. The zero-order chi connectivity index (χ0) is 11.3. The van der Waals surface area contributed by atoms with Gasteiger partial charge in [0.15, 0.2) is 5.78 Å². The van der Waals surface area contributed by atoms with Gasteiger partial charge in [-0.25, -0.2) is 4.99 Å². The lowest BCUT2D eigenvalue weighted by atomic mass is 9.95. The third-order valence-corrected chi connectivity index (χ3v) is 2.99. The SMILES string of the molecule is CC1=CC=C2N=c3ccc(C)cc3=C2C1=O. The molecular weight excluding hydrogens is 198 g/mol. The molecule has 16 heavy (non-hydrogen) atoms. The van der Waals surface area contributed by atoms with Gasteiger partial charge in [-0.05, 0) is 37.6 Å². The van der Waals surface area contributed by atoms with Gasteiger partial charge in [0.25, 0.3) is 0 Å². The normalized spacial score (nSPS) is 17.4. The summed E-state index contributed by atoms with van der Waals surface area (Å²) < 4.78 is 0. The molecule has 0 aromatic heterocycles. The second kappa shape index (κ2) is 3.01. The maximum absolute atomic E-state index is 12.1. The van der Waals surface area contributed by atoms with E-state index in [-0.39, 0.29) is 5.78 Å². The number of nitrogens with zero attached hydrogens (tertiary/aromatic N) is 1. The van der Waals surface area contributed by atoms with Crippen LogP contribution in [-0.2, 0) is 4.79 Å². The molecule has 78 valence electrons. The summed E-state index contributed by atoms with van der Waals surface area (Å²) in [6.45, 7) is 3.87. The number of hydrogen-bond donors (Lipinski definition) is 0. The average molecular weight is 209 g/mol. The number of benzene rings is 1. The summed E-state index contributed by atoms with van der Waals surface area (Å²) in [4.78, 5) is 16.5. The quantitative estimate of drug-likeness (QED) is 0.631. The third-order valence-electron chi connectivity index (χ3n) is 2.99. The molecule has 2 aliphatic rings. The maximum atomic E-state index is 12.1. The molecule has 1 aliphatic carbocycles. The lowest BCUT2D eigenvalue weighted by Gasteiger charge is -2.07. The summed E-state index contributed by atoms with van der Waals surface area (Å²) in [5, 5.41) is 1.88. The number of rotatable bonds is 0. The summed E-state index contributed by atoms with van der Waals surface area (Å²) in [6, 6.07) is 6.02. The van der Waals surface area contributed by atoms with Gasteiger partial charge in [-0.1, -0.05) is 17.7 Å². The second-order valence-electron chi connectivity index (χ2n) is 4.24. The Hall–Kier alpha value is -1.96. The first-order chi connectivity index (χ1) is 7.66. The van der Waals surface area contributed by atoms with Gasteiger partial charge in [0.1, 0.15) is 0 Å². The van der Waals surface area contributed by atoms with Crippen LogP contribution in [0.5, 0.6) is 0 Å². The largest absolute Gasteiger partial charge is 0.289 e. The molecule has 0 atom stereocenters.